The lowest BCUT2D eigenvalue weighted by Crippen LogP contribution is -2.36. The molecule has 7 heteroatoms. The van der Waals surface area contributed by atoms with Crippen molar-refractivity contribution in [1.29, 1.82) is 0 Å². The van der Waals surface area contributed by atoms with Crippen LogP contribution in [-0.2, 0) is 10.9 Å². The maximum atomic E-state index is 13.2. The van der Waals surface area contributed by atoms with Gasteiger partial charge < -0.3 is 19.1 Å². The number of hydrogen-bond acceptors (Lipinski definition) is 4. The van der Waals surface area contributed by atoms with E-state index >= 15 is 0 Å². The second-order valence-electron chi connectivity index (χ2n) is 9.38. The third kappa shape index (κ3) is 4.47. The summed E-state index contributed by atoms with van der Waals surface area (Å²) < 4.78 is 57.3. The number of morpholine rings is 1. The number of rotatable bonds is 4. The monoisotopic (exact) mass is 517 g/mol. The smallest absolute Gasteiger partial charge is 0.416 e. The standard InChI is InChI=1S/C31H26F3NO3/c1-36-23-6-4-5-21(17-23)26-18-28(20-9-11-22(12-10-20)31(32,33)34)38-29-19-27(35-13-15-37-16-14-35)24-7-2-3-8-25(24)30(26)29/h2-12,17-19,28H,13-16H2,1H3. The van der Waals surface area contributed by atoms with Gasteiger partial charge in [0.2, 0.25) is 0 Å². The summed E-state index contributed by atoms with van der Waals surface area (Å²) in [6.07, 6.45) is -2.98. The van der Waals surface area contributed by atoms with Crippen LogP contribution in [0.5, 0.6) is 11.5 Å². The van der Waals surface area contributed by atoms with Crippen molar-refractivity contribution in [2.45, 2.75) is 12.3 Å². The van der Waals surface area contributed by atoms with E-state index in [4.69, 9.17) is 14.2 Å². The first-order chi connectivity index (χ1) is 18.4. The van der Waals surface area contributed by atoms with Gasteiger partial charge in [0.1, 0.15) is 17.6 Å². The Morgan fingerprint density at radius 2 is 1.61 bits per heavy atom. The number of benzene rings is 4. The number of alkyl halides is 3. The first kappa shape index (κ1) is 24.4. The maximum absolute atomic E-state index is 13.2. The second-order valence-corrected chi connectivity index (χ2v) is 9.38. The Morgan fingerprint density at radius 1 is 0.868 bits per heavy atom. The van der Waals surface area contributed by atoms with E-state index in [2.05, 4.69) is 23.1 Å². The lowest BCUT2D eigenvalue weighted by molar-refractivity contribution is -0.137. The van der Waals surface area contributed by atoms with Crippen molar-refractivity contribution >= 4 is 22.0 Å². The molecule has 4 nitrogen and oxygen atoms in total. The van der Waals surface area contributed by atoms with E-state index in [9.17, 15) is 13.2 Å². The van der Waals surface area contributed by atoms with Gasteiger partial charge in [-0.1, -0.05) is 48.5 Å². The molecule has 0 radical (unpaired) electrons. The molecule has 0 aliphatic carbocycles. The molecule has 1 saturated heterocycles. The average molecular weight is 518 g/mol. The molecule has 2 aliphatic heterocycles. The Labute approximate surface area is 218 Å². The van der Waals surface area contributed by atoms with Crippen LogP contribution in [0, 0.1) is 0 Å². The number of ether oxygens (including phenoxy) is 3. The summed E-state index contributed by atoms with van der Waals surface area (Å²) in [5.41, 5.74) is 3.85. The van der Waals surface area contributed by atoms with Crippen molar-refractivity contribution in [1.82, 2.24) is 0 Å². The normalized spacial score (nSPS) is 17.5. The number of fused-ring (bicyclic) bond motifs is 3. The van der Waals surface area contributed by atoms with E-state index in [1.54, 1.807) is 7.11 Å². The molecule has 2 aliphatic rings. The summed E-state index contributed by atoms with van der Waals surface area (Å²) in [6, 6.07) is 23.3. The first-order valence-corrected chi connectivity index (χ1v) is 12.5. The topological polar surface area (TPSA) is 30.9 Å². The summed E-state index contributed by atoms with van der Waals surface area (Å²) in [7, 11) is 1.63. The van der Waals surface area contributed by atoms with Crippen LogP contribution in [0.1, 0.15) is 28.4 Å². The molecule has 0 bridgehead atoms. The lowest BCUT2D eigenvalue weighted by atomic mass is 9.87. The largest absolute Gasteiger partial charge is 0.497 e. The summed E-state index contributed by atoms with van der Waals surface area (Å²) in [5.74, 6) is 1.41. The van der Waals surface area contributed by atoms with Gasteiger partial charge in [-0.05, 0) is 52.4 Å². The van der Waals surface area contributed by atoms with E-state index in [0.717, 1.165) is 64.1 Å². The number of methoxy groups -OCH3 is 1. The molecule has 0 amide bonds. The van der Waals surface area contributed by atoms with E-state index < -0.39 is 17.8 Å². The second kappa shape index (κ2) is 9.72. The fourth-order valence-corrected chi connectivity index (χ4v) is 5.23. The van der Waals surface area contributed by atoms with Gasteiger partial charge in [0.15, 0.2) is 0 Å². The Kier molecular flexibility index (Phi) is 6.24. The van der Waals surface area contributed by atoms with E-state index in [-0.39, 0.29) is 0 Å². The maximum Gasteiger partial charge on any atom is 0.416 e. The van der Waals surface area contributed by atoms with E-state index in [1.165, 1.54) is 12.1 Å². The Hall–Kier alpha value is -3.97. The molecule has 4 aromatic carbocycles. The molecule has 0 N–H and O–H groups in total. The molecule has 38 heavy (non-hydrogen) atoms. The summed E-state index contributed by atoms with van der Waals surface area (Å²) >= 11 is 0. The zero-order valence-electron chi connectivity index (χ0n) is 20.8. The van der Waals surface area contributed by atoms with Gasteiger partial charge in [-0.25, -0.2) is 0 Å². The molecular weight excluding hydrogens is 491 g/mol. The van der Waals surface area contributed by atoms with Crippen molar-refractivity contribution in [3.8, 4) is 11.5 Å². The van der Waals surface area contributed by atoms with Crippen LogP contribution in [0.25, 0.3) is 16.3 Å². The van der Waals surface area contributed by atoms with E-state index in [0.29, 0.717) is 24.5 Å². The Balaban J connectivity index is 1.54. The molecule has 0 saturated carbocycles. The molecule has 194 valence electrons. The van der Waals surface area contributed by atoms with Crippen LogP contribution in [0.15, 0.2) is 84.9 Å². The minimum atomic E-state index is -4.40. The SMILES string of the molecule is COc1cccc(C2=CC(c3ccc(C(F)(F)F)cc3)Oc3cc(N4CCOCC4)c4ccccc4c32)c1. The number of anilines is 1. The fraction of sp³-hybridized carbons (Fsp3) is 0.226. The summed E-state index contributed by atoms with van der Waals surface area (Å²) in [5, 5.41) is 2.16. The van der Waals surface area contributed by atoms with Crippen LogP contribution in [0.2, 0.25) is 0 Å². The van der Waals surface area contributed by atoms with Gasteiger partial charge in [0.25, 0.3) is 0 Å². The van der Waals surface area contributed by atoms with Crippen LogP contribution < -0.4 is 14.4 Å². The predicted octanol–water partition coefficient (Wildman–Crippen LogP) is 7.27. The minimum absolute atomic E-state index is 0.565. The van der Waals surface area contributed by atoms with Crippen molar-refractivity contribution in [3.63, 3.8) is 0 Å². The fourth-order valence-electron chi connectivity index (χ4n) is 5.23. The molecule has 1 unspecified atom stereocenters. The average Bonchev–Trinajstić information content (AvgIpc) is 2.96. The zero-order valence-corrected chi connectivity index (χ0v) is 20.8. The molecule has 2 heterocycles. The molecular formula is C31H26F3NO3. The van der Waals surface area contributed by atoms with Crippen molar-refractivity contribution < 1.29 is 27.4 Å². The molecule has 0 aromatic heterocycles. The summed E-state index contributed by atoms with van der Waals surface area (Å²) in [6.45, 7) is 2.83. The molecule has 4 aromatic rings. The van der Waals surface area contributed by atoms with Gasteiger partial charge in [-0.2, -0.15) is 13.2 Å². The highest BCUT2D eigenvalue weighted by molar-refractivity contribution is 6.06. The third-order valence-electron chi connectivity index (χ3n) is 7.13. The van der Waals surface area contributed by atoms with Crippen LogP contribution in [-0.4, -0.2) is 33.4 Å². The van der Waals surface area contributed by atoms with Gasteiger partial charge in [0, 0.05) is 35.8 Å². The van der Waals surface area contributed by atoms with Crippen LogP contribution >= 0.6 is 0 Å². The predicted molar refractivity (Wildman–Crippen MR) is 142 cm³/mol. The first-order valence-electron chi connectivity index (χ1n) is 12.5. The van der Waals surface area contributed by atoms with Crippen LogP contribution in [0.3, 0.4) is 0 Å². The van der Waals surface area contributed by atoms with E-state index in [1.807, 2.05) is 42.5 Å². The molecule has 1 fully saturated rings. The van der Waals surface area contributed by atoms with Crippen molar-refractivity contribution in [3.05, 3.63) is 107 Å². The zero-order chi connectivity index (χ0) is 26.3. The lowest BCUT2D eigenvalue weighted by Gasteiger charge is -2.33. The Morgan fingerprint density at radius 3 is 2.32 bits per heavy atom. The number of hydrogen-bond donors (Lipinski definition) is 0. The molecule has 6 rings (SSSR count). The third-order valence-corrected chi connectivity index (χ3v) is 7.13. The number of halogens is 3. The molecule has 1 atom stereocenters. The summed E-state index contributed by atoms with van der Waals surface area (Å²) in [4.78, 5) is 2.30. The van der Waals surface area contributed by atoms with Gasteiger partial charge in [0.05, 0.1) is 25.9 Å². The van der Waals surface area contributed by atoms with Gasteiger partial charge in [-0.15, -0.1) is 0 Å². The van der Waals surface area contributed by atoms with Crippen LogP contribution in [0.4, 0.5) is 18.9 Å². The quantitative estimate of drug-likeness (QED) is 0.285. The highest BCUT2D eigenvalue weighted by atomic mass is 19.4. The molecule has 0 spiro atoms. The van der Waals surface area contributed by atoms with Crippen molar-refractivity contribution in [2.24, 2.45) is 0 Å². The van der Waals surface area contributed by atoms with Crippen molar-refractivity contribution in [2.75, 3.05) is 38.3 Å². The highest BCUT2D eigenvalue weighted by Gasteiger charge is 2.32. The van der Waals surface area contributed by atoms with Gasteiger partial charge >= 0.3 is 6.18 Å². The van der Waals surface area contributed by atoms with Gasteiger partial charge in [-0.3, -0.25) is 0 Å². The highest BCUT2D eigenvalue weighted by Crippen LogP contribution is 2.47. The number of nitrogens with zero attached hydrogens (tertiary/aromatic N) is 1. The minimum Gasteiger partial charge on any atom is -0.497 e. The Bertz CT molecular complexity index is 1510.